The van der Waals surface area contributed by atoms with Gasteiger partial charge in [0.1, 0.15) is 5.82 Å². The molecule has 1 fully saturated rings. The van der Waals surface area contributed by atoms with E-state index in [0.717, 1.165) is 12.8 Å². The van der Waals surface area contributed by atoms with E-state index in [4.69, 9.17) is 5.73 Å². The van der Waals surface area contributed by atoms with Crippen molar-refractivity contribution in [3.8, 4) is 0 Å². The highest BCUT2D eigenvalue weighted by Crippen LogP contribution is 2.21. The van der Waals surface area contributed by atoms with E-state index in [9.17, 15) is 9.18 Å². The highest BCUT2D eigenvalue weighted by molar-refractivity contribution is 7.97. The maximum absolute atomic E-state index is 13.6. The van der Waals surface area contributed by atoms with Gasteiger partial charge in [0.15, 0.2) is 0 Å². The molecule has 0 spiro atoms. The van der Waals surface area contributed by atoms with Gasteiger partial charge in [0.25, 0.3) is 5.91 Å². The lowest BCUT2D eigenvalue weighted by Crippen LogP contribution is -2.48. The Labute approximate surface area is 123 Å². The number of hydrogen-bond acceptors (Lipinski definition) is 3. The summed E-state index contributed by atoms with van der Waals surface area (Å²) >= 11 is 1.54. The normalized spacial score (nSPS) is 22.9. The van der Waals surface area contributed by atoms with E-state index in [1.165, 1.54) is 6.07 Å². The van der Waals surface area contributed by atoms with Crippen molar-refractivity contribution in [1.29, 1.82) is 0 Å². The predicted octanol–water partition coefficient (Wildman–Crippen LogP) is 2.64. The zero-order chi connectivity index (χ0) is 14.7. The molecule has 3 nitrogen and oxygen atoms in total. The Balaban J connectivity index is 2.18. The van der Waals surface area contributed by atoms with Crippen LogP contribution < -0.4 is 5.73 Å². The molecule has 110 valence electrons. The van der Waals surface area contributed by atoms with Crippen molar-refractivity contribution in [3.63, 3.8) is 0 Å². The van der Waals surface area contributed by atoms with Crippen molar-refractivity contribution in [2.45, 2.75) is 37.6 Å². The zero-order valence-corrected chi connectivity index (χ0v) is 12.8. The number of hydrogen-bond donors (Lipinski definition) is 1. The molecule has 1 heterocycles. The SMILES string of the molecule is CSCc1cc(C(=O)N2CC[C@@H](N)C[C@@H]2C)ccc1F. The molecule has 0 bridgehead atoms. The molecule has 0 radical (unpaired) electrons. The molecule has 1 aromatic rings. The minimum Gasteiger partial charge on any atom is -0.336 e. The molecule has 20 heavy (non-hydrogen) atoms. The Morgan fingerprint density at radius 3 is 2.95 bits per heavy atom. The Morgan fingerprint density at radius 2 is 2.30 bits per heavy atom. The van der Waals surface area contributed by atoms with Crippen molar-refractivity contribution in [2.75, 3.05) is 12.8 Å². The van der Waals surface area contributed by atoms with Crippen molar-refractivity contribution in [1.82, 2.24) is 4.90 Å². The van der Waals surface area contributed by atoms with Crippen LogP contribution in [-0.2, 0) is 5.75 Å². The third kappa shape index (κ3) is 3.33. The zero-order valence-electron chi connectivity index (χ0n) is 11.9. The van der Waals surface area contributed by atoms with Crippen molar-refractivity contribution < 1.29 is 9.18 Å². The molecule has 2 atom stereocenters. The Hall–Kier alpha value is -1.07. The van der Waals surface area contributed by atoms with E-state index in [-0.39, 0.29) is 23.8 Å². The summed E-state index contributed by atoms with van der Waals surface area (Å²) in [5.41, 5.74) is 7.07. The highest BCUT2D eigenvalue weighted by atomic mass is 32.2. The highest BCUT2D eigenvalue weighted by Gasteiger charge is 2.27. The van der Waals surface area contributed by atoms with Gasteiger partial charge in [-0.15, -0.1) is 0 Å². The quantitative estimate of drug-likeness (QED) is 0.932. The monoisotopic (exact) mass is 296 g/mol. The molecule has 1 aliphatic heterocycles. The summed E-state index contributed by atoms with van der Waals surface area (Å²) < 4.78 is 13.6. The molecule has 1 aliphatic rings. The van der Waals surface area contributed by atoms with Crippen LogP contribution in [0.25, 0.3) is 0 Å². The third-order valence-electron chi connectivity index (χ3n) is 3.77. The molecule has 0 aliphatic carbocycles. The number of carbonyl (C=O) groups excluding carboxylic acids is 1. The van der Waals surface area contributed by atoms with Gasteiger partial charge in [0.2, 0.25) is 0 Å². The second-order valence-electron chi connectivity index (χ2n) is 5.37. The number of rotatable bonds is 3. The largest absolute Gasteiger partial charge is 0.336 e. The first-order valence-corrected chi connectivity index (χ1v) is 8.26. The van der Waals surface area contributed by atoms with Gasteiger partial charge in [-0.2, -0.15) is 11.8 Å². The molecule has 0 saturated carbocycles. The van der Waals surface area contributed by atoms with E-state index in [0.29, 0.717) is 23.4 Å². The molecule has 2 rings (SSSR count). The van der Waals surface area contributed by atoms with E-state index in [1.54, 1.807) is 23.9 Å². The number of piperidine rings is 1. The molecule has 1 aromatic carbocycles. The number of halogens is 1. The Bertz CT molecular complexity index is 495. The average molecular weight is 296 g/mol. The van der Waals surface area contributed by atoms with Gasteiger partial charge in [-0.1, -0.05) is 0 Å². The van der Waals surface area contributed by atoms with Crippen LogP contribution in [-0.4, -0.2) is 35.7 Å². The van der Waals surface area contributed by atoms with E-state index >= 15 is 0 Å². The van der Waals surface area contributed by atoms with E-state index in [2.05, 4.69) is 0 Å². The molecule has 0 unspecified atom stereocenters. The summed E-state index contributed by atoms with van der Waals surface area (Å²) in [5.74, 6) is 0.310. The number of nitrogens with two attached hydrogens (primary N) is 1. The maximum atomic E-state index is 13.6. The first kappa shape index (κ1) is 15.3. The van der Waals surface area contributed by atoms with Crippen LogP contribution in [0.5, 0.6) is 0 Å². The van der Waals surface area contributed by atoms with Gasteiger partial charge in [0, 0.05) is 29.9 Å². The van der Waals surface area contributed by atoms with Crippen LogP contribution in [0.15, 0.2) is 18.2 Å². The first-order valence-electron chi connectivity index (χ1n) is 6.87. The van der Waals surface area contributed by atoms with Crippen molar-refractivity contribution in [3.05, 3.63) is 35.1 Å². The van der Waals surface area contributed by atoms with Gasteiger partial charge in [-0.05, 0) is 49.8 Å². The number of carbonyl (C=O) groups is 1. The lowest BCUT2D eigenvalue weighted by Gasteiger charge is -2.36. The number of amides is 1. The fraction of sp³-hybridized carbons (Fsp3) is 0.533. The van der Waals surface area contributed by atoms with Crippen LogP contribution in [0.3, 0.4) is 0 Å². The predicted molar refractivity (Wildman–Crippen MR) is 81.3 cm³/mol. The number of likely N-dealkylation sites (tertiary alicyclic amines) is 1. The lowest BCUT2D eigenvalue weighted by atomic mass is 9.98. The lowest BCUT2D eigenvalue weighted by molar-refractivity contribution is 0.0619. The molecular weight excluding hydrogens is 275 g/mol. The van der Waals surface area contributed by atoms with Crippen molar-refractivity contribution >= 4 is 17.7 Å². The first-order chi connectivity index (χ1) is 9.52. The summed E-state index contributed by atoms with van der Waals surface area (Å²) in [6.07, 6.45) is 3.57. The average Bonchev–Trinajstić information content (AvgIpc) is 2.41. The molecule has 1 saturated heterocycles. The summed E-state index contributed by atoms with van der Waals surface area (Å²) in [6, 6.07) is 4.95. The van der Waals surface area contributed by atoms with Gasteiger partial charge >= 0.3 is 0 Å². The van der Waals surface area contributed by atoms with Gasteiger partial charge < -0.3 is 10.6 Å². The minimum atomic E-state index is -0.246. The molecular formula is C15H21FN2OS. The smallest absolute Gasteiger partial charge is 0.254 e. The van der Waals surface area contributed by atoms with Crippen LogP contribution in [0.1, 0.15) is 35.7 Å². The maximum Gasteiger partial charge on any atom is 0.254 e. The number of nitrogens with zero attached hydrogens (tertiary/aromatic N) is 1. The van der Waals surface area contributed by atoms with Crippen LogP contribution in [0, 0.1) is 5.82 Å². The van der Waals surface area contributed by atoms with Gasteiger partial charge in [0.05, 0.1) is 0 Å². The van der Waals surface area contributed by atoms with Crippen molar-refractivity contribution in [2.24, 2.45) is 5.73 Å². The summed E-state index contributed by atoms with van der Waals surface area (Å²) in [5, 5.41) is 0. The molecule has 5 heteroatoms. The minimum absolute atomic E-state index is 0.0215. The van der Waals surface area contributed by atoms with Crippen LogP contribution >= 0.6 is 11.8 Å². The second-order valence-corrected chi connectivity index (χ2v) is 6.24. The standard InChI is InChI=1S/C15H21FN2OS/c1-10-7-13(17)5-6-18(10)15(19)11-3-4-14(16)12(8-11)9-20-2/h3-4,8,10,13H,5-7,9,17H2,1-2H3/t10-,13+/m0/s1. The van der Waals surface area contributed by atoms with E-state index < -0.39 is 0 Å². The summed E-state index contributed by atoms with van der Waals surface area (Å²) in [4.78, 5) is 14.4. The molecule has 2 N–H and O–H groups in total. The fourth-order valence-corrected chi connectivity index (χ4v) is 3.18. The van der Waals surface area contributed by atoms with Gasteiger partial charge in [-0.3, -0.25) is 4.79 Å². The topological polar surface area (TPSA) is 46.3 Å². The summed E-state index contributed by atoms with van der Waals surface area (Å²) in [6.45, 7) is 2.69. The summed E-state index contributed by atoms with van der Waals surface area (Å²) in [7, 11) is 0. The Kier molecular flexibility index (Phi) is 5.05. The number of thioether (sulfide) groups is 1. The molecule has 0 aromatic heterocycles. The van der Waals surface area contributed by atoms with Crippen LogP contribution in [0.2, 0.25) is 0 Å². The Morgan fingerprint density at radius 1 is 1.55 bits per heavy atom. The third-order valence-corrected chi connectivity index (χ3v) is 4.37. The molecule has 1 amide bonds. The number of benzene rings is 1. The van der Waals surface area contributed by atoms with E-state index in [1.807, 2.05) is 18.1 Å². The van der Waals surface area contributed by atoms with Crippen LogP contribution in [0.4, 0.5) is 4.39 Å². The van der Waals surface area contributed by atoms with Gasteiger partial charge in [-0.25, -0.2) is 4.39 Å². The fourth-order valence-electron chi connectivity index (χ4n) is 2.65. The second kappa shape index (κ2) is 6.59.